The fourth-order valence-electron chi connectivity index (χ4n) is 8.24. The van der Waals surface area contributed by atoms with Gasteiger partial charge in [0.15, 0.2) is 6.10 Å². The van der Waals surface area contributed by atoms with Crippen molar-refractivity contribution >= 4 is 19.8 Å². The van der Waals surface area contributed by atoms with Crippen LogP contribution in [0.2, 0.25) is 0 Å². The zero-order valence-electron chi connectivity index (χ0n) is 50.6. The second-order valence-electron chi connectivity index (χ2n) is 21.7. The number of ether oxygens (including phenoxy) is 2. The number of carbonyl (C=O) groups is 2. The summed E-state index contributed by atoms with van der Waals surface area (Å²) in [5.41, 5.74) is 0. The number of likely N-dealkylation sites (N-methyl/N-ethyl adjacent to an activating group) is 1. The van der Waals surface area contributed by atoms with Crippen molar-refractivity contribution in [2.75, 3.05) is 47.5 Å². The molecule has 446 valence electrons. The molecule has 0 aromatic rings. The molecule has 0 radical (unpaired) electrons. The molecular formula is C68H116NO8P. The Morgan fingerprint density at radius 2 is 0.692 bits per heavy atom. The lowest BCUT2D eigenvalue weighted by atomic mass is 10.0. The van der Waals surface area contributed by atoms with E-state index in [1.54, 1.807) is 0 Å². The molecule has 0 saturated heterocycles. The van der Waals surface area contributed by atoms with E-state index in [2.05, 4.69) is 135 Å². The van der Waals surface area contributed by atoms with Gasteiger partial charge in [0.2, 0.25) is 0 Å². The standard InChI is InChI=1S/C68H116NO8P/c1-6-8-10-12-14-16-18-20-22-24-26-28-29-30-31-32-33-34-35-36-37-38-39-41-43-45-47-49-51-53-55-57-59-61-68(71)77-66(65-76-78(72,73)75-63-62-69(3,4)5)64-74-67(70)60-58-56-54-52-50-48-46-44-42-40-27-25-23-21-19-17-15-13-11-9-7-2/h8-11,14-17,20-23,26-28,30-31,40,44,46,66H,6-7,12-13,18-19,24-25,29,32-39,41-43,45,47-65H2,1-5H3/b10-8-,11-9-,16-14-,17-15-,22-20-,23-21-,28-26-,31-30-,40-27-,46-44-. The van der Waals surface area contributed by atoms with Crippen molar-refractivity contribution < 1.29 is 42.1 Å². The minimum atomic E-state index is -4.65. The number of unbranched alkanes of at least 4 members (excludes halogenated alkanes) is 22. The molecule has 10 heteroatoms. The summed E-state index contributed by atoms with van der Waals surface area (Å²) in [6.45, 7) is 3.99. The van der Waals surface area contributed by atoms with E-state index < -0.39 is 32.5 Å². The summed E-state index contributed by atoms with van der Waals surface area (Å²) in [4.78, 5) is 37.9. The van der Waals surface area contributed by atoms with Crippen LogP contribution in [0.25, 0.3) is 0 Å². The van der Waals surface area contributed by atoms with Crippen LogP contribution < -0.4 is 4.89 Å². The number of phosphoric acid groups is 1. The summed E-state index contributed by atoms with van der Waals surface area (Å²) >= 11 is 0. The van der Waals surface area contributed by atoms with Crippen molar-refractivity contribution in [3.63, 3.8) is 0 Å². The third-order valence-electron chi connectivity index (χ3n) is 13.0. The van der Waals surface area contributed by atoms with Crippen LogP contribution in [0, 0.1) is 0 Å². The average Bonchev–Trinajstić information content (AvgIpc) is 3.41. The first kappa shape index (κ1) is 74.4. The Hall–Kier alpha value is -3.59. The van der Waals surface area contributed by atoms with E-state index >= 15 is 0 Å². The van der Waals surface area contributed by atoms with Crippen LogP contribution in [0.4, 0.5) is 0 Å². The van der Waals surface area contributed by atoms with Gasteiger partial charge in [0.05, 0.1) is 27.7 Å². The Kier molecular flexibility index (Phi) is 55.4. The number of quaternary nitrogens is 1. The first-order valence-corrected chi connectivity index (χ1v) is 32.7. The second kappa shape index (κ2) is 58.1. The van der Waals surface area contributed by atoms with Gasteiger partial charge < -0.3 is 27.9 Å². The van der Waals surface area contributed by atoms with Gasteiger partial charge in [-0.2, -0.15) is 0 Å². The molecule has 2 atom stereocenters. The fraction of sp³-hybridized carbons (Fsp3) is 0.676. The van der Waals surface area contributed by atoms with E-state index in [0.29, 0.717) is 23.9 Å². The molecule has 0 aliphatic heterocycles. The molecular weight excluding hydrogens is 990 g/mol. The van der Waals surface area contributed by atoms with E-state index in [1.165, 1.54) is 89.9 Å². The van der Waals surface area contributed by atoms with E-state index in [9.17, 15) is 19.0 Å². The Labute approximate surface area is 479 Å². The molecule has 0 saturated carbocycles. The van der Waals surface area contributed by atoms with Crippen LogP contribution in [0.15, 0.2) is 122 Å². The van der Waals surface area contributed by atoms with Gasteiger partial charge in [-0.05, 0) is 103 Å². The van der Waals surface area contributed by atoms with Gasteiger partial charge in [0.25, 0.3) is 7.82 Å². The summed E-state index contributed by atoms with van der Waals surface area (Å²) in [5, 5.41) is 0. The minimum Gasteiger partial charge on any atom is -0.756 e. The lowest BCUT2D eigenvalue weighted by Crippen LogP contribution is -2.37. The molecule has 78 heavy (non-hydrogen) atoms. The normalized spacial score (nSPS) is 14.1. The van der Waals surface area contributed by atoms with Crippen LogP contribution >= 0.6 is 7.82 Å². The van der Waals surface area contributed by atoms with Crippen molar-refractivity contribution in [3.8, 4) is 0 Å². The highest BCUT2D eigenvalue weighted by Crippen LogP contribution is 2.38. The average molecular weight is 1110 g/mol. The van der Waals surface area contributed by atoms with E-state index in [4.69, 9.17) is 18.5 Å². The number of hydrogen-bond donors (Lipinski definition) is 0. The molecule has 0 N–H and O–H groups in total. The van der Waals surface area contributed by atoms with Gasteiger partial charge in [-0.1, -0.05) is 251 Å². The maximum atomic E-state index is 12.8. The second-order valence-corrected chi connectivity index (χ2v) is 23.1. The van der Waals surface area contributed by atoms with Crippen LogP contribution in [0.1, 0.15) is 245 Å². The molecule has 0 spiro atoms. The molecule has 2 unspecified atom stereocenters. The molecule has 0 aliphatic carbocycles. The monoisotopic (exact) mass is 1110 g/mol. The summed E-state index contributed by atoms with van der Waals surface area (Å²) in [6.07, 6.45) is 82.6. The Balaban J connectivity index is 4.12. The maximum Gasteiger partial charge on any atom is 0.306 e. The molecule has 0 bridgehead atoms. The summed E-state index contributed by atoms with van der Waals surface area (Å²) < 4.78 is 34.2. The first-order valence-electron chi connectivity index (χ1n) is 31.2. The Bertz CT molecular complexity index is 1730. The van der Waals surface area contributed by atoms with Gasteiger partial charge in [0, 0.05) is 12.8 Å². The third kappa shape index (κ3) is 61.6. The molecule has 0 aromatic carbocycles. The van der Waals surface area contributed by atoms with Crippen LogP contribution in [0.3, 0.4) is 0 Å². The van der Waals surface area contributed by atoms with Crippen molar-refractivity contribution in [3.05, 3.63) is 122 Å². The van der Waals surface area contributed by atoms with Crippen LogP contribution in [-0.4, -0.2) is 70.0 Å². The number of phosphoric ester groups is 1. The van der Waals surface area contributed by atoms with Crippen molar-refractivity contribution in [1.29, 1.82) is 0 Å². The van der Waals surface area contributed by atoms with Crippen molar-refractivity contribution in [2.24, 2.45) is 0 Å². The van der Waals surface area contributed by atoms with E-state index in [0.717, 1.165) is 116 Å². The van der Waals surface area contributed by atoms with Crippen LogP contribution in [0.5, 0.6) is 0 Å². The summed E-state index contributed by atoms with van der Waals surface area (Å²) in [7, 11) is 1.14. The predicted octanol–water partition coefficient (Wildman–Crippen LogP) is 19.3. The van der Waals surface area contributed by atoms with E-state index in [1.807, 2.05) is 21.1 Å². The van der Waals surface area contributed by atoms with Gasteiger partial charge in [-0.25, -0.2) is 0 Å². The topological polar surface area (TPSA) is 111 Å². The number of hydrogen-bond acceptors (Lipinski definition) is 8. The minimum absolute atomic E-state index is 0.0393. The molecule has 0 fully saturated rings. The SMILES string of the molecule is CC/C=C\C/C=C\C/C=C\C/C=C\C/C=C\CCCCCCCCCCCCCCCCCCCC(=O)OC(COC(=O)CCCCCCC/C=C\C/C=C\C/C=C\C/C=C\C/C=C\CC)COP(=O)([O-])OCC[N+](C)(C)C. The maximum absolute atomic E-state index is 12.8. The molecule has 0 aromatic heterocycles. The number of allylic oxidation sites excluding steroid dienone is 20. The van der Waals surface area contributed by atoms with Gasteiger partial charge in [-0.3, -0.25) is 14.2 Å². The molecule has 0 heterocycles. The molecule has 0 rings (SSSR count). The predicted molar refractivity (Wildman–Crippen MR) is 332 cm³/mol. The first-order chi connectivity index (χ1) is 38.0. The molecule has 0 amide bonds. The molecule has 0 aliphatic rings. The van der Waals surface area contributed by atoms with Gasteiger partial charge in [-0.15, -0.1) is 0 Å². The van der Waals surface area contributed by atoms with E-state index in [-0.39, 0.29) is 26.1 Å². The lowest BCUT2D eigenvalue weighted by Gasteiger charge is -2.28. The zero-order chi connectivity index (χ0) is 57.0. The van der Waals surface area contributed by atoms with Crippen molar-refractivity contribution in [2.45, 2.75) is 251 Å². The summed E-state index contributed by atoms with van der Waals surface area (Å²) in [6, 6.07) is 0. The largest absolute Gasteiger partial charge is 0.756 e. The smallest absolute Gasteiger partial charge is 0.306 e. The highest BCUT2D eigenvalue weighted by molar-refractivity contribution is 7.45. The quantitative estimate of drug-likeness (QED) is 0.0195. The number of carbonyl (C=O) groups excluding carboxylic acids is 2. The zero-order valence-corrected chi connectivity index (χ0v) is 51.5. The number of nitrogens with zero attached hydrogens (tertiary/aromatic N) is 1. The lowest BCUT2D eigenvalue weighted by molar-refractivity contribution is -0.870. The highest BCUT2D eigenvalue weighted by Gasteiger charge is 2.22. The Morgan fingerprint density at radius 3 is 1.03 bits per heavy atom. The van der Waals surface area contributed by atoms with Gasteiger partial charge >= 0.3 is 11.9 Å². The Morgan fingerprint density at radius 1 is 0.397 bits per heavy atom. The van der Waals surface area contributed by atoms with Crippen molar-refractivity contribution in [1.82, 2.24) is 0 Å². The summed E-state index contributed by atoms with van der Waals surface area (Å²) in [5.74, 6) is -0.857. The number of esters is 2. The highest BCUT2D eigenvalue weighted by atomic mass is 31.2. The van der Waals surface area contributed by atoms with Gasteiger partial charge in [0.1, 0.15) is 19.8 Å². The third-order valence-corrected chi connectivity index (χ3v) is 13.9. The fourth-order valence-corrected chi connectivity index (χ4v) is 8.97. The number of rotatable bonds is 56. The van der Waals surface area contributed by atoms with Crippen LogP contribution in [-0.2, 0) is 32.7 Å². The molecule has 9 nitrogen and oxygen atoms in total.